The van der Waals surface area contributed by atoms with Crippen molar-refractivity contribution < 1.29 is 32.5 Å². The lowest BCUT2D eigenvalue weighted by Crippen LogP contribution is -2.20. The van der Waals surface area contributed by atoms with Crippen LogP contribution in [-0.2, 0) is 26.3 Å². The number of halogens is 3. The fourth-order valence-electron chi connectivity index (χ4n) is 5.26. The van der Waals surface area contributed by atoms with E-state index in [0.29, 0.717) is 40.1 Å². The zero-order chi connectivity index (χ0) is 34.9. The molecule has 2 aromatic heterocycles. The van der Waals surface area contributed by atoms with E-state index < -0.39 is 17.8 Å². The van der Waals surface area contributed by atoms with Crippen LogP contribution < -0.4 is 25.0 Å². The number of benzene rings is 4. The summed E-state index contributed by atoms with van der Waals surface area (Å²) in [6, 6.07) is 20.1. The highest BCUT2D eigenvalue weighted by Crippen LogP contribution is 2.32. The Morgan fingerprint density at radius 1 is 0.939 bits per heavy atom. The molecule has 2 heterocycles. The highest BCUT2D eigenvalue weighted by Gasteiger charge is 2.30. The highest BCUT2D eigenvalue weighted by molar-refractivity contribution is 7.09. The van der Waals surface area contributed by atoms with Gasteiger partial charge in [0, 0.05) is 30.9 Å². The summed E-state index contributed by atoms with van der Waals surface area (Å²) in [4.78, 5) is 31.4. The number of carbonyl (C=O) groups excluding carboxylic acids is 1. The van der Waals surface area contributed by atoms with Gasteiger partial charge in [0.05, 0.1) is 21.5 Å². The Kier molecular flexibility index (Phi) is 9.06. The lowest BCUT2D eigenvalue weighted by Gasteiger charge is -2.15. The predicted octanol–water partition coefficient (Wildman–Crippen LogP) is 8.27. The molecule has 0 bridgehead atoms. The molecule has 0 saturated heterocycles. The Labute approximate surface area is 281 Å². The fourth-order valence-corrected chi connectivity index (χ4v) is 6.01. The normalized spacial score (nSPS) is 11.5. The molecule has 4 aromatic carbocycles. The molecule has 2 amide bonds. The molecule has 0 radical (unpaired) electrons. The second kappa shape index (κ2) is 13.4. The lowest BCUT2D eigenvalue weighted by molar-refractivity contribution is -0.137. The first kappa shape index (κ1) is 33.2. The van der Waals surface area contributed by atoms with Crippen LogP contribution in [0.4, 0.5) is 29.3 Å². The number of hydrogen-bond donors (Lipinski definition) is 4. The molecule has 0 spiro atoms. The van der Waals surface area contributed by atoms with Gasteiger partial charge in [-0.25, -0.2) is 9.78 Å². The van der Waals surface area contributed by atoms with Gasteiger partial charge in [0.25, 0.3) is 0 Å². The summed E-state index contributed by atoms with van der Waals surface area (Å²) in [5, 5.41) is 15.1. The summed E-state index contributed by atoms with van der Waals surface area (Å²) in [7, 11) is 1.89. The van der Waals surface area contributed by atoms with Crippen molar-refractivity contribution >= 4 is 39.8 Å². The number of nitrogens with zero attached hydrogens (tertiary/aromatic N) is 2. The molecule has 49 heavy (non-hydrogen) atoms. The number of thiazole rings is 1. The van der Waals surface area contributed by atoms with E-state index in [9.17, 15) is 27.9 Å². The van der Waals surface area contributed by atoms with E-state index in [1.165, 1.54) is 12.1 Å². The summed E-state index contributed by atoms with van der Waals surface area (Å²) in [5.74, 6) is 2.38. The number of amides is 2. The van der Waals surface area contributed by atoms with Crippen LogP contribution in [-0.4, -0.2) is 25.7 Å². The van der Waals surface area contributed by atoms with Gasteiger partial charge in [-0.15, -0.1) is 0 Å². The number of urea groups is 1. The average Bonchev–Trinajstić information content (AvgIpc) is 3.54. The third-order valence-corrected chi connectivity index (χ3v) is 8.62. The minimum absolute atomic E-state index is 0.105. The minimum Gasteiger partial charge on any atom is -0.494 e. The number of alkyl halides is 3. The van der Waals surface area contributed by atoms with E-state index in [1.807, 2.05) is 67.9 Å². The predicted molar refractivity (Wildman–Crippen MR) is 181 cm³/mol. The maximum Gasteiger partial charge on any atom is 0.416 e. The molecule has 0 saturated carbocycles. The number of rotatable bonds is 9. The number of aryl methyl sites for hydroxylation is 3. The summed E-state index contributed by atoms with van der Waals surface area (Å²) in [6.45, 7) is 3.85. The van der Waals surface area contributed by atoms with E-state index >= 15 is 0 Å². The van der Waals surface area contributed by atoms with Crippen molar-refractivity contribution in [2.45, 2.75) is 33.1 Å². The second-order valence-electron chi connectivity index (χ2n) is 11.3. The topological polar surface area (TPSA) is 130 Å². The van der Waals surface area contributed by atoms with E-state index in [0.717, 1.165) is 51.2 Å². The molecule has 0 unspecified atom stereocenters. The molecule has 0 aliphatic rings. The number of fused-ring (bicyclic) bond motifs is 1. The molecule has 0 atom stereocenters. The van der Waals surface area contributed by atoms with Crippen molar-refractivity contribution in [2.24, 2.45) is 7.05 Å². The van der Waals surface area contributed by atoms with Crippen molar-refractivity contribution in [3.05, 3.63) is 121 Å². The first-order valence-electron chi connectivity index (χ1n) is 14.9. The summed E-state index contributed by atoms with van der Waals surface area (Å²) in [6.07, 6.45) is -4.03. The third kappa shape index (κ3) is 7.70. The first-order valence-corrected chi connectivity index (χ1v) is 15.8. The number of nitrogens with one attached hydrogen (secondary N) is 3. The maximum absolute atomic E-state index is 12.8. The molecule has 6 aromatic rings. The van der Waals surface area contributed by atoms with Gasteiger partial charge in [-0.05, 0) is 91.2 Å². The Hall–Kier alpha value is -5.76. The van der Waals surface area contributed by atoms with Crippen molar-refractivity contribution in [1.82, 2.24) is 14.5 Å². The Morgan fingerprint density at radius 3 is 2.24 bits per heavy atom. The van der Waals surface area contributed by atoms with Crippen LogP contribution in [0.1, 0.15) is 33.0 Å². The van der Waals surface area contributed by atoms with E-state index in [-0.39, 0.29) is 23.0 Å². The van der Waals surface area contributed by atoms with Gasteiger partial charge in [-0.3, -0.25) is 9.78 Å². The minimum atomic E-state index is -4.46. The van der Waals surface area contributed by atoms with Crippen molar-refractivity contribution in [1.29, 1.82) is 0 Å². The largest absolute Gasteiger partial charge is 0.494 e. The molecule has 252 valence electrons. The maximum atomic E-state index is 12.8. The number of aromatic nitrogens is 3. The zero-order valence-corrected chi connectivity index (χ0v) is 27.3. The van der Waals surface area contributed by atoms with Crippen LogP contribution >= 0.6 is 11.3 Å². The number of carbonyl (C=O) groups is 1. The molecule has 10 nitrogen and oxygen atoms in total. The number of hydrogen-bond acceptors (Lipinski definition) is 7. The Bertz CT molecular complexity index is 2180. The first-order chi connectivity index (χ1) is 23.3. The number of H-pyrrole nitrogens is 1. The van der Waals surface area contributed by atoms with Crippen LogP contribution in [0.25, 0.3) is 11.0 Å². The molecule has 14 heteroatoms. The fraction of sp³-hybridized carbons (Fsp3) is 0.171. The number of aromatic hydroxyl groups is 1. The van der Waals surface area contributed by atoms with Gasteiger partial charge in [0.2, 0.25) is 5.88 Å². The number of aromatic amines is 1. The SMILES string of the molecule is Cc1cc(Oc2ccc3nc(COc4ccc(Cc5sc(=O)[nH]c5O)cc4)n(C)c3c2)cc(C)c1NC(=O)Nc1ccc(C(F)(F)F)cc1. The standard InChI is InChI=1S/C35H30F3N5O5S/c1-19-14-26(15-20(2)31(19)41-33(45)39-23-8-6-22(7-9-23)35(36,37)38)48-25-12-13-27-28(17-25)43(3)30(40-27)18-47-24-10-4-21(5-11-24)16-29-32(44)42-34(46)49-29/h4-15,17,44H,16,18H2,1-3H3,(H,42,46)(H2,39,41,45). The zero-order valence-electron chi connectivity index (χ0n) is 26.4. The van der Waals surface area contributed by atoms with Gasteiger partial charge in [-0.2, -0.15) is 13.2 Å². The number of imidazole rings is 1. The summed E-state index contributed by atoms with van der Waals surface area (Å²) in [5.41, 5.74) is 3.96. The van der Waals surface area contributed by atoms with E-state index in [4.69, 9.17) is 14.5 Å². The lowest BCUT2D eigenvalue weighted by atomic mass is 10.1. The average molecular weight is 690 g/mol. The van der Waals surface area contributed by atoms with Crippen molar-refractivity contribution in [2.75, 3.05) is 10.6 Å². The van der Waals surface area contributed by atoms with Gasteiger partial charge in [0.15, 0.2) is 0 Å². The van der Waals surface area contributed by atoms with Gasteiger partial charge < -0.3 is 29.8 Å². The molecule has 4 N–H and O–H groups in total. The molecule has 0 fully saturated rings. The third-order valence-electron chi connectivity index (χ3n) is 7.75. The van der Waals surface area contributed by atoms with Gasteiger partial charge in [0.1, 0.15) is 29.7 Å². The van der Waals surface area contributed by atoms with Gasteiger partial charge in [-0.1, -0.05) is 23.5 Å². The summed E-state index contributed by atoms with van der Waals surface area (Å²) >= 11 is 0.979. The van der Waals surface area contributed by atoms with Gasteiger partial charge >= 0.3 is 17.1 Å². The van der Waals surface area contributed by atoms with Crippen LogP contribution in [0, 0.1) is 13.8 Å². The van der Waals surface area contributed by atoms with Crippen LogP contribution in [0.5, 0.6) is 23.1 Å². The quantitative estimate of drug-likeness (QED) is 0.121. The molecule has 0 aliphatic carbocycles. The van der Waals surface area contributed by atoms with Crippen molar-refractivity contribution in [3.8, 4) is 23.1 Å². The van der Waals surface area contributed by atoms with Crippen LogP contribution in [0.2, 0.25) is 0 Å². The van der Waals surface area contributed by atoms with Crippen molar-refractivity contribution in [3.63, 3.8) is 0 Å². The summed E-state index contributed by atoms with van der Waals surface area (Å²) < 4.78 is 52.6. The smallest absolute Gasteiger partial charge is 0.416 e. The molecule has 6 rings (SSSR count). The van der Waals surface area contributed by atoms with E-state index in [2.05, 4.69) is 15.6 Å². The monoisotopic (exact) mass is 689 g/mol. The number of ether oxygens (including phenoxy) is 2. The number of anilines is 2. The highest BCUT2D eigenvalue weighted by atomic mass is 32.1. The van der Waals surface area contributed by atoms with Crippen LogP contribution in [0.3, 0.4) is 0 Å². The van der Waals surface area contributed by atoms with E-state index in [1.54, 1.807) is 12.1 Å². The Balaban J connectivity index is 1.08. The second-order valence-corrected chi connectivity index (χ2v) is 12.4. The molecule has 0 aliphatic heterocycles. The Morgan fingerprint density at radius 2 is 1.61 bits per heavy atom. The molecular weight excluding hydrogens is 659 g/mol. The van der Waals surface area contributed by atoms with Crippen LogP contribution in [0.15, 0.2) is 83.7 Å². The molecular formula is C35H30F3N5O5S.